The first-order valence-corrected chi connectivity index (χ1v) is 8.92. The minimum absolute atomic E-state index is 0.0962. The van der Waals surface area contributed by atoms with Crippen LogP contribution in [0.15, 0.2) is 49.2 Å². The molecule has 0 bridgehead atoms. The molecule has 2 aromatic rings. The summed E-state index contributed by atoms with van der Waals surface area (Å²) in [5.74, 6) is 1.09. The van der Waals surface area contributed by atoms with Crippen molar-refractivity contribution in [3.8, 4) is 11.5 Å². The molecule has 0 aliphatic carbocycles. The van der Waals surface area contributed by atoms with Gasteiger partial charge in [-0.1, -0.05) is 26.8 Å². The fourth-order valence-electron chi connectivity index (χ4n) is 2.83. The summed E-state index contributed by atoms with van der Waals surface area (Å²) in [7, 11) is 3.06. The highest BCUT2D eigenvalue weighted by atomic mass is 16.5. The summed E-state index contributed by atoms with van der Waals surface area (Å²) in [6.07, 6.45) is 3.06. The second-order valence-electron chi connectivity index (χ2n) is 7.45. The van der Waals surface area contributed by atoms with Gasteiger partial charge in [-0.05, 0) is 29.8 Å². The van der Waals surface area contributed by atoms with Crippen LogP contribution in [0.3, 0.4) is 0 Å². The van der Waals surface area contributed by atoms with Crippen LogP contribution in [-0.4, -0.2) is 30.2 Å². The molecule has 1 aliphatic rings. The van der Waals surface area contributed by atoms with Crippen molar-refractivity contribution >= 4 is 18.2 Å². The van der Waals surface area contributed by atoms with E-state index in [-0.39, 0.29) is 16.1 Å². The molecule has 2 N–H and O–H groups in total. The molecular formula is C21H22N4O4. The minimum Gasteiger partial charge on any atom is -0.493 e. The fraction of sp³-hybridized carbons (Fsp3) is 0.286. The van der Waals surface area contributed by atoms with Crippen molar-refractivity contribution in [2.45, 2.75) is 20.8 Å². The molecule has 1 aromatic heterocycles. The normalized spacial score (nSPS) is 14.8. The second kappa shape index (κ2) is 7.77. The van der Waals surface area contributed by atoms with Crippen molar-refractivity contribution in [1.82, 2.24) is 9.97 Å². The predicted molar refractivity (Wildman–Crippen MR) is 111 cm³/mol. The molecule has 8 nitrogen and oxygen atoms in total. The number of ether oxygens (including phenoxy) is 2. The Morgan fingerprint density at radius 3 is 2.14 bits per heavy atom. The first-order chi connectivity index (χ1) is 13.7. The number of aromatic nitrogens is 2. The Morgan fingerprint density at radius 2 is 1.55 bits per heavy atom. The molecule has 1 aromatic carbocycles. The number of aromatic amines is 2. The van der Waals surface area contributed by atoms with Crippen LogP contribution in [0.2, 0.25) is 0 Å². The van der Waals surface area contributed by atoms with E-state index in [1.165, 1.54) is 13.2 Å². The Balaban J connectivity index is 2.10. The zero-order chi connectivity index (χ0) is 21.2. The smallest absolute Gasteiger partial charge is 0.272 e. The molecule has 150 valence electrons. The molecule has 1 aliphatic heterocycles. The number of hydrogen-bond donors (Lipinski definition) is 2. The number of methoxy groups -OCH3 is 2. The van der Waals surface area contributed by atoms with Crippen molar-refractivity contribution in [1.29, 1.82) is 0 Å². The molecule has 2 heterocycles. The van der Waals surface area contributed by atoms with Crippen LogP contribution in [0, 0.1) is 5.41 Å². The monoisotopic (exact) mass is 394 g/mol. The van der Waals surface area contributed by atoms with Crippen molar-refractivity contribution < 1.29 is 9.47 Å². The second-order valence-corrected chi connectivity index (χ2v) is 7.45. The lowest BCUT2D eigenvalue weighted by molar-refractivity contribution is 0.355. The highest BCUT2D eigenvalue weighted by Gasteiger charge is 2.22. The molecule has 0 atom stereocenters. The van der Waals surface area contributed by atoms with Crippen LogP contribution in [0.1, 0.15) is 26.3 Å². The molecule has 0 spiro atoms. The van der Waals surface area contributed by atoms with Crippen LogP contribution in [0.5, 0.6) is 11.5 Å². The van der Waals surface area contributed by atoms with Gasteiger partial charge in [-0.2, -0.15) is 9.98 Å². The lowest BCUT2D eigenvalue weighted by Gasteiger charge is -2.17. The van der Waals surface area contributed by atoms with Crippen molar-refractivity contribution in [2.24, 2.45) is 15.4 Å². The van der Waals surface area contributed by atoms with Crippen LogP contribution in [-0.2, 0) is 0 Å². The number of nitrogens with one attached hydrogen (secondary N) is 2. The number of rotatable bonds is 4. The molecule has 3 rings (SSSR count). The zero-order valence-electron chi connectivity index (χ0n) is 16.9. The number of hydrogen-bond acceptors (Lipinski definition) is 6. The third kappa shape index (κ3) is 4.28. The zero-order valence-corrected chi connectivity index (χ0v) is 16.9. The summed E-state index contributed by atoms with van der Waals surface area (Å²) in [5.41, 5.74) is 0.708. The van der Waals surface area contributed by atoms with Gasteiger partial charge in [-0.3, -0.25) is 9.59 Å². The summed E-state index contributed by atoms with van der Waals surface area (Å²) >= 11 is 0. The predicted octanol–water partition coefficient (Wildman–Crippen LogP) is 1.13. The average molecular weight is 394 g/mol. The van der Waals surface area contributed by atoms with Crippen LogP contribution < -0.4 is 31.3 Å². The van der Waals surface area contributed by atoms with Gasteiger partial charge in [0.2, 0.25) is 0 Å². The van der Waals surface area contributed by atoms with E-state index in [4.69, 9.17) is 9.47 Å². The van der Waals surface area contributed by atoms with Gasteiger partial charge in [-0.25, -0.2) is 0 Å². The number of nitrogens with zero attached hydrogens (tertiary/aromatic N) is 2. The van der Waals surface area contributed by atoms with Gasteiger partial charge in [0.05, 0.1) is 25.6 Å². The van der Waals surface area contributed by atoms with Crippen molar-refractivity contribution in [2.75, 3.05) is 14.2 Å². The maximum atomic E-state index is 12.5. The SMILES string of the molecule is COc1ccc(/C=c2\[nH]c(=O)/c(=C/C3=C(C(C)(C)C)N=C=N3)[nH]c2=O)cc1OC. The Bertz CT molecular complexity index is 1280. The van der Waals surface area contributed by atoms with E-state index in [0.29, 0.717) is 28.5 Å². The number of allylic oxidation sites excluding steroid dienone is 2. The fourth-order valence-corrected chi connectivity index (χ4v) is 2.83. The summed E-state index contributed by atoms with van der Waals surface area (Å²) in [5, 5.41) is 0.217. The Kier molecular flexibility index (Phi) is 5.39. The van der Waals surface area contributed by atoms with E-state index >= 15 is 0 Å². The van der Waals surface area contributed by atoms with E-state index in [2.05, 4.69) is 26.0 Å². The largest absolute Gasteiger partial charge is 0.493 e. The van der Waals surface area contributed by atoms with E-state index in [1.54, 1.807) is 31.4 Å². The summed E-state index contributed by atoms with van der Waals surface area (Å²) in [6.45, 7) is 5.95. The standard InChI is InChI=1S/C21H22N4O4/c1-21(2,3)18-13(22-11-23-18)10-15-20(27)24-14(19(26)25-15)8-12-6-7-16(28-4)17(9-12)29-5/h6-10H,1-5H3,(H,24,27)(H,25,26)/b14-8-,15-10-. The van der Waals surface area contributed by atoms with E-state index in [9.17, 15) is 9.59 Å². The quantitative estimate of drug-likeness (QED) is 0.810. The molecule has 0 saturated heterocycles. The van der Waals surface area contributed by atoms with Gasteiger partial charge in [0, 0.05) is 5.41 Å². The molecular weight excluding hydrogens is 372 g/mol. The van der Waals surface area contributed by atoms with Gasteiger partial charge in [0.25, 0.3) is 11.1 Å². The highest BCUT2D eigenvalue weighted by molar-refractivity contribution is 5.62. The molecule has 0 saturated carbocycles. The lowest BCUT2D eigenvalue weighted by atomic mass is 9.91. The lowest BCUT2D eigenvalue weighted by Crippen LogP contribution is -2.46. The van der Waals surface area contributed by atoms with Crippen LogP contribution in [0.4, 0.5) is 0 Å². The average Bonchev–Trinajstić information content (AvgIpc) is 3.14. The number of aliphatic imine (C=N–C) groups is 2. The van der Waals surface area contributed by atoms with Gasteiger partial charge >= 0.3 is 0 Å². The first-order valence-electron chi connectivity index (χ1n) is 8.92. The van der Waals surface area contributed by atoms with E-state index in [0.717, 1.165) is 0 Å². The Hall–Kier alpha value is -3.64. The van der Waals surface area contributed by atoms with Crippen molar-refractivity contribution in [3.05, 3.63) is 66.6 Å². The van der Waals surface area contributed by atoms with Gasteiger partial charge < -0.3 is 19.4 Å². The highest BCUT2D eigenvalue weighted by Crippen LogP contribution is 2.31. The van der Waals surface area contributed by atoms with E-state index < -0.39 is 11.1 Å². The Morgan fingerprint density at radius 1 is 0.931 bits per heavy atom. The number of benzene rings is 1. The summed E-state index contributed by atoms with van der Waals surface area (Å²) in [4.78, 5) is 38.5. The number of H-pyrrole nitrogens is 2. The topological polar surface area (TPSA) is 109 Å². The first kappa shape index (κ1) is 20.1. The minimum atomic E-state index is -0.445. The van der Waals surface area contributed by atoms with Crippen LogP contribution >= 0.6 is 0 Å². The third-order valence-corrected chi connectivity index (χ3v) is 4.27. The molecule has 8 heteroatoms. The molecule has 0 unspecified atom stereocenters. The van der Waals surface area contributed by atoms with Crippen molar-refractivity contribution in [3.63, 3.8) is 0 Å². The molecule has 0 amide bonds. The Labute approximate surface area is 166 Å². The van der Waals surface area contributed by atoms with Gasteiger partial charge in [-0.15, -0.1) is 0 Å². The molecule has 0 fully saturated rings. The molecule has 0 radical (unpaired) electrons. The summed E-state index contributed by atoms with van der Waals surface area (Å²) < 4.78 is 10.5. The molecule has 29 heavy (non-hydrogen) atoms. The maximum Gasteiger partial charge on any atom is 0.272 e. The van der Waals surface area contributed by atoms with E-state index in [1.807, 2.05) is 20.8 Å². The third-order valence-electron chi connectivity index (χ3n) is 4.27. The van der Waals surface area contributed by atoms with Gasteiger partial charge in [0.15, 0.2) is 11.5 Å². The summed E-state index contributed by atoms with van der Waals surface area (Å²) in [6, 6.07) is 7.74. The van der Waals surface area contributed by atoms with Crippen LogP contribution in [0.25, 0.3) is 12.2 Å². The maximum absolute atomic E-state index is 12.5. The van der Waals surface area contributed by atoms with Gasteiger partial charge in [0.1, 0.15) is 16.7 Å².